The number of piperazine rings is 1. The van der Waals surface area contributed by atoms with Crippen LogP contribution in [0.4, 0.5) is 5.69 Å². The number of aromatic amines is 1. The van der Waals surface area contributed by atoms with E-state index in [-0.39, 0.29) is 11.7 Å². The van der Waals surface area contributed by atoms with Crippen LogP contribution in [0.15, 0.2) is 48.5 Å². The normalized spacial score (nSPS) is 18.8. The van der Waals surface area contributed by atoms with Gasteiger partial charge in [0.15, 0.2) is 6.54 Å². The lowest BCUT2D eigenvalue weighted by Crippen LogP contribution is -3.28. The summed E-state index contributed by atoms with van der Waals surface area (Å²) >= 11 is 0. The topological polar surface area (TPSA) is 70.8 Å². The molecule has 6 nitrogen and oxygen atoms in total. The van der Waals surface area contributed by atoms with Crippen LogP contribution in [0.5, 0.6) is 0 Å². The van der Waals surface area contributed by atoms with E-state index in [4.69, 9.17) is 0 Å². The number of carbonyl (C=O) groups excluding carboxylic acids is 2. The number of nitrogens with one attached hydrogen (secondary N) is 4. The third-order valence-corrected chi connectivity index (χ3v) is 6.33. The van der Waals surface area contributed by atoms with Crippen LogP contribution in [0.25, 0.3) is 10.9 Å². The minimum absolute atomic E-state index is 0.0600. The van der Waals surface area contributed by atoms with E-state index in [1.807, 2.05) is 49.4 Å². The van der Waals surface area contributed by atoms with Gasteiger partial charge >= 0.3 is 0 Å². The minimum Gasteiger partial charge on any atom is -0.358 e. The molecule has 0 spiro atoms. The summed E-state index contributed by atoms with van der Waals surface area (Å²) in [4.78, 5) is 31.5. The third kappa shape index (κ3) is 4.86. The second-order valence-electron chi connectivity index (χ2n) is 8.51. The van der Waals surface area contributed by atoms with Crippen LogP contribution in [-0.2, 0) is 11.2 Å². The van der Waals surface area contributed by atoms with Gasteiger partial charge in [0, 0.05) is 22.3 Å². The maximum atomic E-state index is 13.0. The molecule has 3 aromatic rings. The van der Waals surface area contributed by atoms with Crippen molar-refractivity contribution < 1.29 is 19.4 Å². The van der Waals surface area contributed by atoms with Gasteiger partial charge in [-0.3, -0.25) is 9.59 Å². The summed E-state index contributed by atoms with van der Waals surface area (Å²) in [7, 11) is 0. The predicted octanol–water partition coefficient (Wildman–Crippen LogP) is 0.644. The number of H-pyrrole nitrogens is 1. The van der Waals surface area contributed by atoms with Crippen molar-refractivity contribution in [3.8, 4) is 0 Å². The van der Waals surface area contributed by atoms with E-state index in [1.165, 1.54) is 9.80 Å². The van der Waals surface area contributed by atoms with E-state index in [9.17, 15) is 9.59 Å². The second-order valence-corrected chi connectivity index (χ2v) is 8.51. The van der Waals surface area contributed by atoms with Crippen LogP contribution >= 0.6 is 0 Å². The van der Waals surface area contributed by atoms with Crippen LogP contribution in [0, 0.1) is 6.92 Å². The van der Waals surface area contributed by atoms with E-state index in [2.05, 4.69) is 23.3 Å². The van der Waals surface area contributed by atoms with Gasteiger partial charge in [-0.25, -0.2) is 0 Å². The second kappa shape index (κ2) is 9.45. The van der Waals surface area contributed by atoms with Gasteiger partial charge < -0.3 is 20.1 Å². The summed E-state index contributed by atoms with van der Waals surface area (Å²) in [5.74, 6) is 0.257. The Labute approximate surface area is 183 Å². The van der Waals surface area contributed by atoms with E-state index >= 15 is 0 Å². The fraction of sp³-hybridized carbons (Fsp3) is 0.360. The highest BCUT2D eigenvalue weighted by Crippen LogP contribution is 2.21. The number of Topliss-reactive ketones (excluding diaryl/α,β-unsaturated/α-hetero) is 1. The molecule has 0 bridgehead atoms. The highest BCUT2D eigenvalue weighted by molar-refractivity contribution is 6.09. The van der Waals surface area contributed by atoms with Gasteiger partial charge in [-0.2, -0.15) is 0 Å². The molecule has 31 heavy (non-hydrogen) atoms. The molecule has 2 heterocycles. The molecule has 1 fully saturated rings. The van der Waals surface area contributed by atoms with Crippen molar-refractivity contribution in [2.24, 2.45) is 0 Å². The maximum absolute atomic E-state index is 13.0. The SMILES string of the molecule is CCc1ccccc1NC(=O)C[NH+]1CC[NH+](CC(=O)c2c(C)[nH]c3ccccc23)CC1. The Balaban J connectivity index is 1.29. The predicted molar refractivity (Wildman–Crippen MR) is 123 cm³/mol. The van der Waals surface area contributed by atoms with E-state index in [0.29, 0.717) is 13.1 Å². The summed E-state index contributed by atoms with van der Waals surface area (Å²) in [6, 6.07) is 16.0. The molecule has 0 atom stereocenters. The Morgan fingerprint density at radius 2 is 1.58 bits per heavy atom. The first-order chi connectivity index (χ1) is 15.0. The lowest BCUT2D eigenvalue weighted by Gasteiger charge is -2.29. The van der Waals surface area contributed by atoms with Gasteiger partial charge in [-0.15, -0.1) is 0 Å². The Morgan fingerprint density at radius 3 is 2.32 bits per heavy atom. The van der Waals surface area contributed by atoms with E-state index < -0.39 is 0 Å². The number of anilines is 1. The first kappa shape index (κ1) is 21.3. The number of benzene rings is 2. The summed E-state index contributed by atoms with van der Waals surface area (Å²) in [5, 5.41) is 4.08. The Hall–Kier alpha value is -2.96. The number of amides is 1. The maximum Gasteiger partial charge on any atom is 0.279 e. The van der Waals surface area contributed by atoms with Crippen molar-refractivity contribution in [2.45, 2.75) is 20.3 Å². The smallest absolute Gasteiger partial charge is 0.279 e. The van der Waals surface area contributed by atoms with Gasteiger partial charge in [-0.05, 0) is 31.0 Å². The zero-order valence-corrected chi connectivity index (χ0v) is 18.4. The summed E-state index contributed by atoms with van der Waals surface area (Å²) < 4.78 is 0. The van der Waals surface area contributed by atoms with Gasteiger partial charge in [0.1, 0.15) is 32.7 Å². The number of hydrogen-bond donors (Lipinski definition) is 4. The lowest BCUT2D eigenvalue weighted by atomic mass is 10.1. The molecule has 1 saturated heterocycles. The number of aryl methyl sites for hydroxylation is 2. The van der Waals surface area contributed by atoms with Gasteiger partial charge in [0.25, 0.3) is 5.91 Å². The fourth-order valence-electron chi connectivity index (χ4n) is 4.63. The molecule has 1 amide bonds. The largest absolute Gasteiger partial charge is 0.358 e. The monoisotopic (exact) mass is 420 g/mol. The summed E-state index contributed by atoms with van der Waals surface area (Å²) in [5.41, 5.74) is 4.86. The molecule has 4 rings (SSSR count). The summed E-state index contributed by atoms with van der Waals surface area (Å²) in [6.45, 7) is 8.66. The zero-order chi connectivity index (χ0) is 21.8. The first-order valence-electron chi connectivity index (χ1n) is 11.2. The van der Waals surface area contributed by atoms with Gasteiger partial charge in [0.2, 0.25) is 5.78 Å². The van der Waals surface area contributed by atoms with Crippen LogP contribution in [0.3, 0.4) is 0 Å². The number of ketones is 1. The number of hydrogen-bond acceptors (Lipinski definition) is 2. The molecule has 0 aliphatic carbocycles. The molecule has 1 aliphatic rings. The van der Waals surface area contributed by atoms with E-state index in [0.717, 1.165) is 66.0 Å². The molecule has 0 saturated carbocycles. The highest BCUT2D eigenvalue weighted by atomic mass is 16.2. The quantitative estimate of drug-likeness (QED) is 0.424. The zero-order valence-electron chi connectivity index (χ0n) is 18.4. The highest BCUT2D eigenvalue weighted by Gasteiger charge is 2.28. The van der Waals surface area contributed by atoms with Crippen LogP contribution in [0.2, 0.25) is 0 Å². The molecule has 0 unspecified atom stereocenters. The summed E-state index contributed by atoms with van der Waals surface area (Å²) in [6.07, 6.45) is 0.898. The number of aromatic nitrogens is 1. The lowest BCUT2D eigenvalue weighted by molar-refractivity contribution is -1.00. The average Bonchev–Trinajstić information content (AvgIpc) is 3.11. The number of para-hydroxylation sites is 2. The van der Waals surface area contributed by atoms with Gasteiger partial charge in [0.05, 0.1) is 5.56 Å². The standard InChI is InChI=1S/C25H30N4O2/c1-3-19-8-4-6-10-21(19)27-24(31)17-29-14-12-28(13-15-29)16-23(30)25-18(2)26-22-11-7-5-9-20(22)25/h4-11,26H,3,12-17H2,1-2H3,(H,27,31)/p+2. The molecule has 1 aliphatic heterocycles. The Morgan fingerprint density at radius 1 is 0.935 bits per heavy atom. The number of fused-ring (bicyclic) bond motifs is 1. The molecule has 6 heteroatoms. The van der Waals surface area contributed by atoms with Crippen molar-refractivity contribution >= 4 is 28.3 Å². The van der Waals surface area contributed by atoms with Crippen LogP contribution in [0.1, 0.15) is 28.5 Å². The number of rotatable bonds is 7. The molecular formula is C25H32N4O2+2. The Kier molecular flexibility index (Phi) is 6.49. The van der Waals surface area contributed by atoms with Gasteiger partial charge in [-0.1, -0.05) is 43.3 Å². The molecule has 2 aromatic carbocycles. The van der Waals surface area contributed by atoms with Crippen molar-refractivity contribution in [3.63, 3.8) is 0 Å². The van der Waals surface area contributed by atoms with Crippen molar-refractivity contribution in [3.05, 3.63) is 65.4 Å². The molecule has 4 N–H and O–H groups in total. The molecule has 0 radical (unpaired) electrons. The fourth-order valence-corrected chi connectivity index (χ4v) is 4.63. The molecule has 162 valence electrons. The number of carbonyl (C=O) groups is 2. The van der Waals surface area contributed by atoms with Crippen LogP contribution in [-0.4, -0.2) is 55.9 Å². The Bertz CT molecular complexity index is 1080. The molecule has 1 aromatic heterocycles. The molecular weight excluding hydrogens is 388 g/mol. The van der Waals surface area contributed by atoms with Crippen molar-refractivity contribution in [1.82, 2.24) is 4.98 Å². The average molecular weight is 421 g/mol. The van der Waals surface area contributed by atoms with E-state index in [1.54, 1.807) is 0 Å². The first-order valence-corrected chi connectivity index (χ1v) is 11.2. The number of quaternary nitrogens is 2. The minimum atomic E-state index is 0.0600. The van der Waals surface area contributed by atoms with Crippen molar-refractivity contribution in [2.75, 3.05) is 44.6 Å². The van der Waals surface area contributed by atoms with Crippen molar-refractivity contribution in [1.29, 1.82) is 0 Å². The van der Waals surface area contributed by atoms with Crippen LogP contribution < -0.4 is 15.1 Å². The third-order valence-electron chi connectivity index (χ3n) is 6.33.